The van der Waals surface area contributed by atoms with Gasteiger partial charge in [0.2, 0.25) is 0 Å². The molecular weight excluding hydrogens is 493 g/mol. The molecule has 1 fully saturated rings. The van der Waals surface area contributed by atoms with E-state index in [4.69, 9.17) is 9.72 Å². The van der Waals surface area contributed by atoms with Gasteiger partial charge in [-0.05, 0) is 54.5 Å². The Morgan fingerprint density at radius 2 is 1.83 bits per heavy atom. The van der Waals surface area contributed by atoms with Gasteiger partial charge in [0.15, 0.2) is 5.75 Å². The lowest BCUT2D eigenvalue weighted by Crippen LogP contribution is -2.50. The normalized spacial score (nSPS) is 15.1. The summed E-state index contributed by atoms with van der Waals surface area (Å²) in [5.74, 6) is -1.20. The highest BCUT2D eigenvalue weighted by molar-refractivity contribution is 7.18. The van der Waals surface area contributed by atoms with Gasteiger partial charge >= 0.3 is 12.1 Å². The number of ether oxygens (including phenoxy) is 1. The summed E-state index contributed by atoms with van der Waals surface area (Å²) in [6.07, 6.45) is -1.83. The summed E-state index contributed by atoms with van der Waals surface area (Å²) in [6.45, 7) is 5.29. The lowest BCUT2D eigenvalue weighted by Gasteiger charge is -2.31. The number of carbonyl (C=O) groups is 2. The zero-order valence-corrected chi connectivity index (χ0v) is 20.9. The summed E-state index contributed by atoms with van der Waals surface area (Å²) in [5, 5.41) is 13.3. The first-order chi connectivity index (χ1) is 16.9. The monoisotopic (exact) mass is 520 g/mol. The van der Waals surface area contributed by atoms with Crippen LogP contribution < -0.4 is 10.1 Å². The Morgan fingerprint density at radius 3 is 2.39 bits per heavy atom. The van der Waals surface area contributed by atoms with Crippen molar-refractivity contribution in [2.45, 2.75) is 64.8 Å². The molecule has 1 saturated carbocycles. The molecule has 3 aromatic rings. The van der Waals surface area contributed by atoms with Gasteiger partial charge in [-0.15, -0.1) is 11.3 Å². The van der Waals surface area contributed by atoms with E-state index in [0.29, 0.717) is 23.4 Å². The number of carboxylic acids is 1. The number of rotatable bonds is 9. The molecule has 2 aromatic carbocycles. The minimum atomic E-state index is -4.44. The van der Waals surface area contributed by atoms with Crippen molar-refractivity contribution < 1.29 is 32.6 Å². The zero-order valence-electron chi connectivity index (χ0n) is 20.1. The van der Waals surface area contributed by atoms with E-state index in [0.717, 1.165) is 34.7 Å². The van der Waals surface area contributed by atoms with Crippen molar-refractivity contribution in [2.75, 3.05) is 0 Å². The number of nitrogens with zero attached hydrogens (tertiary/aromatic N) is 1. The minimum Gasteiger partial charge on any atom is -0.486 e. The molecule has 2 N–H and O–H groups in total. The molecule has 0 bridgehead atoms. The number of alkyl halides is 3. The van der Waals surface area contributed by atoms with Crippen LogP contribution in [0.15, 0.2) is 36.4 Å². The second-order valence-corrected chi connectivity index (χ2v) is 10.7. The number of halogens is 3. The molecule has 1 aliphatic rings. The maximum absolute atomic E-state index is 13.3. The van der Waals surface area contributed by atoms with E-state index in [1.54, 1.807) is 26.0 Å². The van der Waals surface area contributed by atoms with Gasteiger partial charge in [-0.1, -0.05) is 32.9 Å². The van der Waals surface area contributed by atoms with Crippen LogP contribution in [-0.4, -0.2) is 28.0 Å². The number of aromatic nitrogens is 1. The molecule has 1 aliphatic carbocycles. The molecule has 6 nitrogen and oxygen atoms in total. The summed E-state index contributed by atoms with van der Waals surface area (Å²) >= 11 is 1.51. The fourth-order valence-electron chi connectivity index (χ4n) is 3.77. The summed E-state index contributed by atoms with van der Waals surface area (Å²) in [4.78, 5) is 29.9. The third-order valence-electron chi connectivity index (χ3n) is 6.58. The Balaban J connectivity index is 1.67. The standard InChI is InChI=1S/C26H27F3N2O4S/c1-4-25(2,3)21(24(33)34)31-22(32)17-11-12-18-19(30-23(36-18)15-7-8-15)20(17)35-13-14-5-9-16(10-6-14)26(27,28)29/h5-6,9-12,15,21H,4,7-8,13H2,1-3H3,(H,31,32)(H,33,34)/t21-/m1/s1. The van der Waals surface area contributed by atoms with Crippen LogP contribution >= 0.6 is 11.3 Å². The molecule has 10 heteroatoms. The number of carbonyl (C=O) groups excluding carboxylic acids is 1. The molecule has 1 atom stereocenters. The molecule has 1 amide bonds. The fourth-order valence-corrected chi connectivity index (χ4v) is 4.90. The topological polar surface area (TPSA) is 88.5 Å². The first kappa shape index (κ1) is 25.9. The van der Waals surface area contributed by atoms with Crippen molar-refractivity contribution in [3.05, 3.63) is 58.1 Å². The third kappa shape index (κ3) is 5.48. The van der Waals surface area contributed by atoms with Crippen LogP contribution in [0.3, 0.4) is 0 Å². The number of aliphatic carboxylic acids is 1. The van der Waals surface area contributed by atoms with Crippen LogP contribution in [0.1, 0.15) is 72.4 Å². The fraction of sp³-hybridized carbons (Fsp3) is 0.423. The van der Waals surface area contributed by atoms with Gasteiger partial charge in [-0.2, -0.15) is 13.2 Å². The average molecular weight is 521 g/mol. The molecule has 192 valence electrons. The molecule has 0 spiro atoms. The second kappa shape index (κ2) is 9.72. The number of benzene rings is 2. The summed E-state index contributed by atoms with van der Waals surface area (Å²) in [7, 11) is 0. The van der Waals surface area contributed by atoms with Crippen molar-refractivity contribution in [3.63, 3.8) is 0 Å². The van der Waals surface area contributed by atoms with Gasteiger partial charge in [0, 0.05) is 5.92 Å². The number of hydrogen-bond acceptors (Lipinski definition) is 5. The first-order valence-corrected chi connectivity index (χ1v) is 12.5. The summed E-state index contributed by atoms with van der Waals surface area (Å²) in [6, 6.07) is 6.81. The zero-order chi connectivity index (χ0) is 26.3. The second-order valence-electron chi connectivity index (χ2n) is 9.69. The molecule has 0 aliphatic heterocycles. The van der Waals surface area contributed by atoms with Crippen molar-refractivity contribution in [2.24, 2.45) is 5.41 Å². The molecule has 36 heavy (non-hydrogen) atoms. The number of amides is 1. The summed E-state index contributed by atoms with van der Waals surface area (Å²) < 4.78 is 45.5. The van der Waals surface area contributed by atoms with Crippen LogP contribution in [0.4, 0.5) is 13.2 Å². The number of nitrogens with one attached hydrogen (secondary N) is 1. The van der Waals surface area contributed by atoms with Crippen LogP contribution in [0.2, 0.25) is 0 Å². The summed E-state index contributed by atoms with van der Waals surface area (Å²) in [5.41, 5.74) is -0.366. The maximum atomic E-state index is 13.3. The van der Waals surface area contributed by atoms with Crippen molar-refractivity contribution >= 4 is 33.4 Å². The van der Waals surface area contributed by atoms with E-state index in [1.165, 1.54) is 23.5 Å². The molecular formula is C26H27F3N2O4S. The molecule has 1 heterocycles. The maximum Gasteiger partial charge on any atom is 0.416 e. The van der Waals surface area contributed by atoms with E-state index < -0.39 is 35.1 Å². The van der Waals surface area contributed by atoms with Crippen molar-refractivity contribution in [1.29, 1.82) is 0 Å². The molecule has 4 rings (SSSR count). The van der Waals surface area contributed by atoms with E-state index >= 15 is 0 Å². The van der Waals surface area contributed by atoms with Gasteiger partial charge in [0.05, 0.1) is 20.8 Å². The highest BCUT2D eigenvalue weighted by atomic mass is 32.1. The van der Waals surface area contributed by atoms with E-state index in [2.05, 4.69) is 5.32 Å². The van der Waals surface area contributed by atoms with Crippen LogP contribution in [-0.2, 0) is 17.6 Å². The number of hydrogen-bond donors (Lipinski definition) is 2. The van der Waals surface area contributed by atoms with Crippen LogP contribution in [0, 0.1) is 5.41 Å². The largest absolute Gasteiger partial charge is 0.486 e. The quantitative estimate of drug-likeness (QED) is 0.341. The molecule has 0 radical (unpaired) electrons. The number of thiazole rings is 1. The Kier molecular flexibility index (Phi) is 7.01. The van der Waals surface area contributed by atoms with Crippen LogP contribution in [0.5, 0.6) is 5.75 Å². The molecule has 1 aromatic heterocycles. The number of carboxylic acid groups (broad SMARTS) is 1. The molecule has 0 unspecified atom stereocenters. The van der Waals surface area contributed by atoms with E-state index in [-0.39, 0.29) is 17.9 Å². The smallest absolute Gasteiger partial charge is 0.416 e. The highest BCUT2D eigenvalue weighted by Gasteiger charge is 2.36. The van der Waals surface area contributed by atoms with E-state index in [1.807, 2.05) is 6.92 Å². The average Bonchev–Trinajstić information content (AvgIpc) is 3.58. The van der Waals surface area contributed by atoms with E-state index in [9.17, 15) is 27.9 Å². The van der Waals surface area contributed by atoms with Crippen molar-refractivity contribution in [1.82, 2.24) is 10.3 Å². The Hall–Kier alpha value is -3.14. The lowest BCUT2D eigenvalue weighted by atomic mass is 9.81. The predicted octanol–water partition coefficient (Wildman–Crippen LogP) is 6.39. The Morgan fingerprint density at radius 1 is 1.17 bits per heavy atom. The van der Waals surface area contributed by atoms with Gasteiger partial charge in [0.1, 0.15) is 18.2 Å². The lowest BCUT2D eigenvalue weighted by molar-refractivity contribution is -0.142. The number of fused-ring (bicyclic) bond motifs is 1. The van der Waals surface area contributed by atoms with Crippen LogP contribution in [0.25, 0.3) is 10.2 Å². The predicted molar refractivity (Wildman–Crippen MR) is 130 cm³/mol. The van der Waals surface area contributed by atoms with Crippen molar-refractivity contribution in [3.8, 4) is 5.75 Å². The van der Waals surface area contributed by atoms with Gasteiger partial charge in [-0.25, -0.2) is 9.78 Å². The van der Waals surface area contributed by atoms with Gasteiger partial charge < -0.3 is 15.2 Å². The van der Waals surface area contributed by atoms with Gasteiger partial charge in [-0.3, -0.25) is 4.79 Å². The third-order valence-corrected chi connectivity index (χ3v) is 7.76. The Bertz CT molecular complexity index is 1280. The highest BCUT2D eigenvalue weighted by Crippen LogP contribution is 2.45. The molecule has 0 saturated heterocycles. The SMILES string of the molecule is CCC(C)(C)[C@H](NC(=O)c1ccc2sc(C3CC3)nc2c1OCc1ccc(C(F)(F)F)cc1)C(=O)O. The van der Waals surface area contributed by atoms with Gasteiger partial charge in [0.25, 0.3) is 5.91 Å². The minimum absolute atomic E-state index is 0.0867. The first-order valence-electron chi connectivity index (χ1n) is 11.7. The Labute approximate surface area is 210 Å².